The van der Waals surface area contributed by atoms with Crippen LogP contribution in [0.2, 0.25) is 0 Å². The first-order valence-corrected chi connectivity index (χ1v) is 6.70. The Bertz CT molecular complexity index is 443. The summed E-state index contributed by atoms with van der Waals surface area (Å²) in [4.78, 5) is 10.2. The molecular weight excluding hydrogens is 224 g/mol. The molecule has 0 aliphatic heterocycles. The van der Waals surface area contributed by atoms with Crippen molar-refractivity contribution in [1.82, 2.24) is 9.97 Å². The minimum Gasteiger partial charge on any atom is -0.249 e. The Kier molecular flexibility index (Phi) is 3.17. The number of hydrogen-bond donors (Lipinski definition) is 0. The number of thiazole rings is 2. The van der Waals surface area contributed by atoms with Gasteiger partial charge in [0.05, 0.1) is 16.4 Å². The van der Waals surface area contributed by atoms with Crippen LogP contribution in [0.5, 0.6) is 0 Å². The van der Waals surface area contributed by atoms with Crippen molar-refractivity contribution in [3.05, 3.63) is 32.2 Å². The summed E-state index contributed by atoms with van der Waals surface area (Å²) in [5, 5.41) is 4.43. The van der Waals surface area contributed by atoms with E-state index in [-0.39, 0.29) is 0 Å². The molecular formula is C11H14N2S2. The van der Waals surface area contributed by atoms with E-state index >= 15 is 0 Å². The molecule has 2 rings (SSSR count). The van der Waals surface area contributed by atoms with Crippen LogP contribution in [0.1, 0.15) is 40.4 Å². The quantitative estimate of drug-likeness (QED) is 0.816. The molecule has 4 heteroatoms. The van der Waals surface area contributed by atoms with Crippen LogP contribution >= 0.6 is 22.7 Å². The lowest BCUT2D eigenvalue weighted by atomic mass is 10.2. The van der Waals surface area contributed by atoms with Gasteiger partial charge in [-0.3, -0.25) is 0 Å². The van der Waals surface area contributed by atoms with Crippen LogP contribution < -0.4 is 0 Å². The molecule has 2 nitrogen and oxygen atoms in total. The maximum Gasteiger partial charge on any atom is 0.0996 e. The zero-order valence-electron chi connectivity index (χ0n) is 9.15. The molecule has 0 radical (unpaired) electrons. The number of nitrogens with zero attached hydrogens (tertiary/aromatic N) is 2. The summed E-state index contributed by atoms with van der Waals surface area (Å²) in [5.41, 5.74) is 1.11. The normalized spacial score (nSPS) is 11.2. The predicted molar refractivity (Wildman–Crippen MR) is 65.9 cm³/mol. The van der Waals surface area contributed by atoms with E-state index in [9.17, 15) is 0 Å². The summed E-state index contributed by atoms with van der Waals surface area (Å²) in [6.07, 6.45) is 2.88. The molecule has 0 unspecified atom stereocenters. The largest absolute Gasteiger partial charge is 0.249 e. The van der Waals surface area contributed by atoms with Gasteiger partial charge in [0.1, 0.15) is 0 Å². The van der Waals surface area contributed by atoms with E-state index in [1.807, 2.05) is 13.1 Å². The molecule has 0 fully saturated rings. The van der Waals surface area contributed by atoms with E-state index < -0.39 is 0 Å². The highest BCUT2D eigenvalue weighted by atomic mass is 32.1. The van der Waals surface area contributed by atoms with Crippen molar-refractivity contribution >= 4 is 22.7 Å². The first kappa shape index (κ1) is 10.8. The molecule has 0 N–H and O–H groups in total. The maximum atomic E-state index is 4.45. The fraction of sp³-hybridized carbons (Fsp3) is 0.455. The van der Waals surface area contributed by atoms with Crippen LogP contribution in [0.3, 0.4) is 0 Å². The third kappa shape index (κ3) is 2.63. The van der Waals surface area contributed by atoms with Gasteiger partial charge in [-0.1, -0.05) is 13.8 Å². The molecule has 0 aromatic carbocycles. The minimum atomic E-state index is 0.578. The van der Waals surface area contributed by atoms with E-state index in [4.69, 9.17) is 0 Å². The third-order valence-electron chi connectivity index (χ3n) is 2.11. The van der Waals surface area contributed by atoms with Gasteiger partial charge >= 0.3 is 0 Å². The van der Waals surface area contributed by atoms with E-state index in [1.165, 1.54) is 9.88 Å². The predicted octanol–water partition coefficient (Wildman–Crippen LogP) is 3.62. The highest BCUT2D eigenvalue weighted by Gasteiger charge is 2.07. The highest BCUT2D eigenvalue weighted by Crippen LogP contribution is 2.24. The van der Waals surface area contributed by atoms with Crippen molar-refractivity contribution in [1.29, 1.82) is 0 Å². The average molecular weight is 238 g/mol. The fourth-order valence-electron chi connectivity index (χ4n) is 1.29. The smallest absolute Gasteiger partial charge is 0.0996 e. The van der Waals surface area contributed by atoms with Crippen molar-refractivity contribution in [3.63, 3.8) is 0 Å². The Hall–Kier alpha value is -0.740. The van der Waals surface area contributed by atoms with Gasteiger partial charge in [-0.2, -0.15) is 0 Å². The minimum absolute atomic E-state index is 0.578. The molecule has 0 saturated heterocycles. The van der Waals surface area contributed by atoms with Gasteiger partial charge < -0.3 is 0 Å². The van der Waals surface area contributed by atoms with Crippen LogP contribution in [0.4, 0.5) is 0 Å². The third-order valence-corrected chi connectivity index (χ3v) is 4.37. The van der Waals surface area contributed by atoms with Gasteiger partial charge in [-0.25, -0.2) is 9.97 Å². The van der Waals surface area contributed by atoms with E-state index in [1.54, 1.807) is 22.7 Å². The van der Waals surface area contributed by atoms with Crippen LogP contribution in [0, 0.1) is 6.92 Å². The van der Waals surface area contributed by atoms with Gasteiger partial charge in [0.2, 0.25) is 0 Å². The standard InChI is InChI=1S/C11H14N2S2/c1-7(2)9-5-12-10(15-9)4-11-13-8(3)6-14-11/h5-7H,4H2,1-3H3. The second-order valence-corrected chi connectivity index (χ2v) is 5.96. The zero-order valence-corrected chi connectivity index (χ0v) is 10.8. The Morgan fingerprint density at radius 3 is 2.67 bits per heavy atom. The summed E-state index contributed by atoms with van der Waals surface area (Å²) >= 11 is 3.52. The number of rotatable bonds is 3. The first-order chi connectivity index (χ1) is 7.15. The van der Waals surface area contributed by atoms with Crippen molar-refractivity contribution in [2.75, 3.05) is 0 Å². The number of aryl methyl sites for hydroxylation is 1. The molecule has 0 amide bonds. The fourth-order valence-corrected chi connectivity index (χ4v) is 3.08. The summed E-state index contributed by atoms with van der Waals surface area (Å²) in [5.74, 6) is 0.578. The second kappa shape index (κ2) is 4.41. The monoisotopic (exact) mass is 238 g/mol. The lowest BCUT2D eigenvalue weighted by molar-refractivity contribution is 0.885. The summed E-state index contributed by atoms with van der Waals surface area (Å²) in [6.45, 7) is 6.43. The molecule has 0 bridgehead atoms. The summed E-state index contributed by atoms with van der Waals surface area (Å²) < 4.78 is 0. The molecule has 80 valence electrons. The zero-order chi connectivity index (χ0) is 10.8. The molecule has 0 atom stereocenters. The lowest BCUT2D eigenvalue weighted by Crippen LogP contribution is -1.85. The number of aromatic nitrogens is 2. The molecule has 2 heterocycles. The molecule has 0 saturated carbocycles. The molecule has 0 aliphatic carbocycles. The van der Waals surface area contributed by atoms with Crippen molar-refractivity contribution in [3.8, 4) is 0 Å². The maximum absolute atomic E-state index is 4.45. The topological polar surface area (TPSA) is 25.8 Å². The molecule has 2 aromatic rings. The molecule has 2 aromatic heterocycles. The average Bonchev–Trinajstić information content (AvgIpc) is 2.76. The van der Waals surface area contributed by atoms with Gasteiger partial charge in [0, 0.05) is 22.1 Å². The Morgan fingerprint density at radius 1 is 1.33 bits per heavy atom. The van der Waals surface area contributed by atoms with Crippen LogP contribution in [-0.4, -0.2) is 9.97 Å². The molecule has 15 heavy (non-hydrogen) atoms. The second-order valence-electron chi connectivity index (χ2n) is 3.87. The molecule has 0 aliphatic rings. The van der Waals surface area contributed by atoms with E-state index in [0.717, 1.165) is 17.1 Å². The SMILES string of the molecule is Cc1csc(Cc2ncc(C(C)C)s2)n1. The van der Waals surface area contributed by atoms with Gasteiger partial charge in [-0.05, 0) is 12.8 Å². The Labute approximate surface area is 98.0 Å². The van der Waals surface area contributed by atoms with Crippen LogP contribution in [-0.2, 0) is 6.42 Å². The van der Waals surface area contributed by atoms with Crippen molar-refractivity contribution < 1.29 is 0 Å². The van der Waals surface area contributed by atoms with Crippen molar-refractivity contribution in [2.24, 2.45) is 0 Å². The number of hydrogen-bond acceptors (Lipinski definition) is 4. The summed E-state index contributed by atoms with van der Waals surface area (Å²) in [6, 6.07) is 0. The van der Waals surface area contributed by atoms with Gasteiger partial charge in [-0.15, -0.1) is 22.7 Å². The van der Waals surface area contributed by atoms with Crippen molar-refractivity contribution in [2.45, 2.75) is 33.1 Å². The van der Waals surface area contributed by atoms with Gasteiger partial charge in [0.25, 0.3) is 0 Å². The van der Waals surface area contributed by atoms with E-state index in [2.05, 4.69) is 29.2 Å². The van der Waals surface area contributed by atoms with Crippen LogP contribution in [0.25, 0.3) is 0 Å². The lowest BCUT2D eigenvalue weighted by Gasteiger charge is -1.95. The van der Waals surface area contributed by atoms with Gasteiger partial charge in [0.15, 0.2) is 0 Å². The summed E-state index contributed by atoms with van der Waals surface area (Å²) in [7, 11) is 0. The highest BCUT2D eigenvalue weighted by molar-refractivity contribution is 7.12. The Morgan fingerprint density at radius 2 is 2.13 bits per heavy atom. The molecule has 0 spiro atoms. The van der Waals surface area contributed by atoms with E-state index in [0.29, 0.717) is 5.92 Å². The first-order valence-electron chi connectivity index (χ1n) is 5.00. The van der Waals surface area contributed by atoms with Crippen LogP contribution in [0.15, 0.2) is 11.6 Å². The Balaban J connectivity index is 2.11.